The normalized spacial score (nSPS) is 19.6. The molecule has 1 aromatic carbocycles. The molecule has 2 aromatic rings. The number of amides is 1. The van der Waals surface area contributed by atoms with Crippen LogP contribution in [-0.2, 0) is 10.0 Å². The van der Waals surface area contributed by atoms with Gasteiger partial charge in [-0.3, -0.25) is 9.52 Å². The summed E-state index contributed by atoms with van der Waals surface area (Å²) in [6.07, 6.45) is 4.51. The Labute approximate surface area is 187 Å². The number of hydrogen-bond acceptors (Lipinski definition) is 6. The minimum Gasteiger partial charge on any atom is -0.352 e. The summed E-state index contributed by atoms with van der Waals surface area (Å²) in [5.74, 6) is -0.199. The van der Waals surface area contributed by atoms with Crippen LogP contribution in [0.5, 0.6) is 0 Å². The molecule has 1 amide bonds. The number of carbonyl (C=O) groups excluding carboxylic acids is 1. The van der Waals surface area contributed by atoms with Crippen LogP contribution in [0.15, 0.2) is 41.4 Å². The molecule has 1 unspecified atom stereocenters. The minimum atomic E-state index is -3.99. The van der Waals surface area contributed by atoms with Crippen LogP contribution in [0.3, 0.4) is 0 Å². The number of nitrogens with zero attached hydrogens (tertiary/aromatic N) is 3. The predicted octanol–water partition coefficient (Wildman–Crippen LogP) is 2.45. The number of halogens is 1. The molecule has 2 saturated heterocycles. The van der Waals surface area contributed by atoms with Crippen molar-refractivity contribution in [3.05, 3.63) is 47.9 Å². The average molecular weight is 462 g/mol. The maximum Gasteiger partial charge on any atom is 0.262 e. The quantitative estimate of drug-likeness (QED) is 0.710. The summed E-state index contributed by atoms with van der Waals surface area (Å²) < 4.78 is 41.9. The zero-order valence-electron chi connectivity index (χ0n) is 18.1. The van der Waals surface area contributed by atoms with Gasteiger partial charge in [-0.05, 0) is 56.5 Å². The number of piperazine rings is 1. The molecule has 172 valence electrons. The van der Waals surface area contributed by atoms with Crippen LogP contribution in [0.2, 0.25) is 0 Å². The van der Waals surface area contributed by atoms with Crippen molar-refractivity contribution in [2.45, 2.75) is 37.1 Å². The first kappa shape index (κ1) is 22.5. The molecule has 0 saturated carbocycles. The van der Waals surface area contributed by atoms with Gasteiger partial charge in [0, 0.05) is 45.0 Å². The highest BCUT2D eigenvalue weighted by Gasteiger charge is 2.27. The van der Waals surface area contributed by atoms with Gasteiger partial charge in [0.1, 0.15) is 5.82 Å². The van der Waals surface area contributed by atoms with Gasteiger partial charge in [0.25, 0.3) is 15.9 Å². The molecule has 8 nitrogen and oxygen atoms in total. The number of aromatic nitrogens is 1. The number of anilines is 2. The molecule has 0 bridgehead atoms. The maximum atomic E-state index is 13.3. The number of piperidine rings is 1. The van der Waals surface area contributed by atoms with E-state index in [9.17, 15) is 17.6 Å². The van der Waals surface area contributed by atoms with Crippen molar-refractivity contribution in [2.75, 3.05) is 42.3 Å². The Bertz CT molecular complexity index is 1070. The average Bonchev–Trinajstić information content (AvgIpc) is 2.79. The molecule has 4 rings (SSSR count). The SMILES string of the molecule is CC1CCCCN1C(=O)c1cnc(N2CCNCC2)c(NS(=O)(=O)c2ccc(F)cc2)c1. The summed E-state index contributed by atoms with van der Waals surface area (Å²) in [6, 6.07) is 6.31. The minimum absolute atomic E-state index is 0.0634. The maximum absolute atomic E-state index is 13.3. The number of likely N-dealkylation sites (tertiary alicyclic amines) is 1. The lowest BCUT2D eigenvalue weighted by atomic mass is 10.0. The largest absolute Gasteiger partial charge is 0.352 e. The first-order valence-corrected chi connectivity index (χ1v) is 12.4. The van der Waals surface area contributed by atoms with Crippen LogP contribution in [0.1, 0.15) is 36.5 Å². The van der Waals surface area contributed by atoms with E-state index in [1.807, 2.05) is 16.7 Å². The third kappa shape index (κ3) is 4.86. The molecule has 32 heavy (non-hydrogen) atoms. The van der Waals surface area contributed by atoms with Crippen LogP contribution in [0, 0.1) is 5.82 Å². The Morgan fingerprint density at radius 2 is 1.88 bits per heavy atom. The molecule has 0 aliphatic carbocycles. The smallest absolute Gasteiger partial charge is 0.262 e. The Balaban J connectivity index is 1.69. The van der Waals surface area contributed by atoms with Crippen molar-refractivity contribution in [1.29, 1.82) is 0 Å². The van der Waals surface area contributed by atoms with Crippen molar-refractivity contribution in [2.24, 2.45) is 0 Å². The van der Waals surface area contributed by atoms with Crippen molar-refractivity contribution in [1.82, 2.24) is 15.2 Å². The van der Waals surface area contributed by atoms with E-state index < -0.39 is 15.8 Å². The fourth-order valence-electron chi connectivity index (χ4n) is 4.16. The Hall–Kier alpha value is -2.72. The predicted molar refractivity (Wildman–Crippen MR) is 121 cm³/mol. The van der Waals surface area contributed by atoms with E-state index in [0.717, 1.165) is 44.5 Å². The van der Waals surface area contributed by atoms with Crippen LogP contribution < -0.4 is 14.9 Å². The van der Waals surface area contributed by atoms with Crippen molar-refractivity contribution < 1.29 is 17.6 Å². The molecule has 3 heterocycles. The van der Waals surface area contributed by atoms with E-state index in [2.05, 4.69) is 15.0 Å². The lowest BCUT2D eigenvalue weighted by Crippen LogP contribution is -2.44. The van der Waals surface area contributed by atoms with Crippen molar-refractivity contribution in [3.8, 4) is 0 Å². The second-order valence-electron chi connectivity index (χ2n) is 8.23. The zero-order valence-corrected chi connectivity index (χ0v) is 18.9. The van der Waals surface area contributed by atoms with E-state index in [0.29, 0.717) is 31.0 Å². The van der Waals surface area contributed by atoms with Crippen LogP contribution in [-0.4, -0.2) is 63.0 Å². The summed E-state index contributed by atoms with van der Waals surface area (Å²) in [5, 5.41) is 3.26. The second kappa shape index (κ2) is 9.41. The topological polar surface area (TPSA) is 94.6 Å². The number of benzene rings is 1. The second-order valence-corrected chi connectivity index (χ2v) is 9.92. The number of rotatable bonds is 5. The first-order chi connectivity index (χ1) is 15.3. The lowest BCUT2D eigenvalue weighted by molar-refractivity contribution is 0.0635. The zero-order chi connectivity index (χ0) is 22.7. The van der Waals surface area contributed by atoms with Gasteiger partial charge in [-0.15, -0.1) is 0 Å². The highest BCUT2D eigenvalue weighted by Crippen LogP contribution is 2.29. The number of pyridine rings is 1. The molecule has 2 N–H and O–H groups in total. The third-order valence-electron chi connectivity index (χ3n) is 5.96. The van der Waals surface area contributed by atoms with E-state index in [1.54, 1.807) is 6.07 Å². The number of nitrogens with one attached hydrogen (secondary N) is 2. The Morgan fingerprint density at radius 1 is 1.16 bits per heavy atom. The lowest BCUT2D eigenvalue weighted by Gasteiger charge is -2.34. The fraction of sp³-hybridized carbons (Fsp3) is 0.455. The Kier molecular flexibility index (Phi) is 6.61. The summed E-state index contributed by atoms with van der Waals surface area (Å²) in [7, 11) is -3.99. The van der Waals surface area contributed by atoms with Gasteiger partial charge >= 0.3 is 0 Å². The molecule has 1 aromatic heterocycles. The summed E-state index contributed by atoms with van der Waals surface area (Å²) >= 11 is 0. The third-order valence-corrected chi connectivity index (χ3v) is 7.34. The van der Waals surface area contributed by atoms with Crippen molar-refractivity contribution in [3.63, 3.8) is 0 Å². The standard InChI is InChI=1S/C22H28FN5O3S/c1-16-4-2-3-11-28(16)22(29)17-14-20(21(25-15-17)27-12-9-24-10-13-27)26-32(30,31)19-7-5-18(23)6-8-19/h5-8,14-16,24,26H,2-4,9-13H2,1H3. The van der Waals surface area contributed by atoms with Gasteiger partial charge in [0.2, 0.25) is 0 Å². The number of hydrogen-bond donors (Lipinski definition) is 2. The summed E-state index contributed by atoms with van der Waals surface area (Å²) in [5.41, 5.74) is 0.584. The van der Waals surface area contributed by atoms with E-state index >= 15 is 0 Å². The molecule has 1 atom stereocenters. The highest BCUT2D eigenvalue weighted by atomic mass is 32.2. The summed E-state index contributed by atoms with van der Waals surface area (Å²) in [6.45, 7) is 5.52. The van der Waals surface area contributed by atoms with Crippen LogP contribution in [0.4, 0.5) is 15.9 Å². The molecule has 0 spiro atoms. The molecule has 2 fully saturated rings. The molecular formula is C22H28FN5O3S. The van der Waals surface area contributed by atoms with Gasteiger partial charge in [0.05, 0.1) is 16.1 Å². The van der Waals surface area contributed by atoms with Crippen LogP contribution in [0.25, 0.3) is 0 Å². The molecule has 0 radical (unpaired) electrons. The van der Waals surface area contributed by atoms with E-state index in [1.165, 1.54) is 18.3 Å². The van der Waals surface area contributed by atoms with Crippen LogP contribution >= 0.6 is 0 Å². The summed E-state index contributed by atoms with van der Waals surface area (Å²) in [4.78, 5) is 21.4. The van der Waals surface area contributed by atoms with Crippen molar-refractivity contribution >= 4 is 27.4 Å². The molecule has 10 heteroatoms. The molecular weight excluding hydrogens is 433 g/mol. The van der Waals surface area contributed by atoms with Gasteiger partial charge < -0.3 is 15.1 Å². The monoisotopic (exact) mass is 461 g/mol. The number of sulfonamides is 1. The number of carbonyl (C=O) groups is 1. The van der Waals surface area contributed by atoms with Gasteiger partial charge in [0.15, 0.2) is 5.82 Å². The molecule has 2 aliphatic rings. The van der Waals surface area contributed by atoms with E-state index in [-0.39, 0.29) is 22.5 Å². The van der Waals surface area contributed by atoms with E-state index in [4.69, 9.17) is 0 Å². The highest BCUT2D eigenvalue weighted by molar-refractivity contribution is 7.92. The Morgan fingerprint density at radius 3 is 2.56 bits per heavy atom. The molecule has 2 aliphatic heterocycles. The van der Waals surface area contributed by atoms with Gasteiger partial charge in [-0.2, -0.15) is 0 Å². The van der Waals surface area contributed by atoms with Gasteiger partial charge in [-0.1, -0.05) is 0 Å². The first-order valence-electron chi connectivity index (χ1n) is 10.9. The fourth-order valence-corrected chi connectivity index (χ4v) is 5.21. The van der Waals surface area contributed by atoms with Gasteiger partial charge in [-0.25, -0.2) is 17.8 Å².